The number of ether oxygens (including phenoxy) is 1. The highest BCUT2D eigenvalue weighted by atomic mass is 32.2. The zero-order chi connectivity index (χ0) is 13.2. The molecular formula is C14H17NO3S. The number of carbonyl (C=O) groups is 1. The van der Waals surface area contributed by atoms with Gasteiger partial charge in [-0.15, -0.1) is 0 Å². The molecule has 0 atom stereocenters. The van der Waals surface area contributed by atoms with Gasteiger partial charge < -0.3 is 14.7 Å². The van der Waals surface area contributed by atoms with E-state index in [0.29, 0.717) is 18.4 Å². The fraction of sp³-hybridized carbons (Fsp3) is 0.500. The van der Waals surface area contributed by atoms with Crippen LogP contribution in [0.2, 0.25) is 0 Å². The molecule has 0 amide bonds. The maximum atomic E-state index is 11.3. The molecule has 0 radical (unpaired) electrons. The summed E-state index contributed by atoms with van der Waals surface area (Å²) in [6.45, 7) is 1.42. The molecule has 2 aliphatic rings. The summed E-state index contributed by atoms with van der Waals surface area (Å²) in [5.41, 5.74) is 1.22. The zero-order valence-electron chi connectivity index (χ0n) is 10.7. The SMILES string of the molecule is O=C(O)c1cccc2c1OCCN2C1CCSCC1. The molecule has 0 aromatic heterocycles. The summed E-state index contributed by atoms with van der Waals surface area (Å²) in [5, 5.41) is 9.24. The van der Waals surface area contributed by atoms with Crippen molar-refractivity contribution in [3.05, 3.63) is 23.8 Å². The number of benzene rings is 1. The van der Waals surface area contributed by atoms with Crippen LogP contribution < -0.4 is 9.64 Å². The van der Waals surface area contributed by atoms with Crippen molar-refractivity contribution in [1.82, 2.24) is 0 Å². The summed E-state index contributed by atoms with van der Waals surface area (Å²) in [6, 6.07) is 5.92. The van der Waals surface area contributed by atoms with Crippen LogP contribution in [0.15, 0.2) is 18.2 Å². The lowest BCUT2D eigenvalue weighted by molar-refractivity contribution is 0.0692. The van der Waals surface area contributed by atoms with Gasteiger partial charge in [0.1, 0.15) is 12.2 Å². The summed E-state index contributed by atoms with van der Waals surface area (Å²) in [6.07, 6.45) is 2.34. The molecule has 0 unspecified atom stereocenters. The van der Waals surface area contributed by atoms with Crippen molar-refractivity contribution < 1.29 is 14.6 Å². The van der Waals surface area contributed by atoms with Gasteiger partial charge in [-0.1, -0.05) is 6.07 Å². The average Bonchev–Trinajstić information content (AvgIpc) is 2.46. The van der Waals surface area contributed by atoms with Gasteiger partial charge in [0.25, 0.3) is 0 Å². The number of carboxylic acid groups (broad SMARTS) is 1. The first kappa shape index (κ1) is 12.7. The summed E-state index contributed by atoms with van der Waals surface area (Å²) < 4.78 is 5.61. The van der Waals surface area contributed by atoms with Crippen molar-refractivity contribution in [2.75, 3.05) is 29.6 Å². The highest BCUT2D eigenvalue weighted by Gasteiger charge is 2.29. The maximum Gasteiger partial charge on any atom is 0.339 e. The number of rotatable bonds is 2. The molecule has 2 aliphatic heterocycles. The Morgan fingerprint density at radius 2 is 2.16 bits per heavy atom. The third-order valence-electron chi connectivity index (χ3n) is 3.74. The minimum Gasteiger partial charge on any atom is -0.489 e. The van der Waals surface area contributed by atoms with Gasteiger partial charge >= 0.3 is 5.97 Å². The molecule has 0 saturated carbocycles. The number of hydrogen-bond acceptors (Lipinski definition) is 4. The van der Waals surface area contributed by atoms with Crippen LogP contribution in [0.5, 0.6) is 5.75 Å². The highest BCUT2D eigenvalue weighted by Crippen LogP contribution is 2.38. The average molecular weight is 279 g/mol. The third kappa shape index (κ3) is 2.39. The largest absolute Gasteiger partial charge is 0.489 e. The second-order valence-electron chi connectivity index (χ2n) is 4.84. The first-order valence-electron chi connectivity index (χ1n) is 6.61. The zero-order valence-corrected chi connectivity index (χ0v) is 11.5. The Morgan fingerprint density at radius 3 is 2.89 bits per heavy atom. The Morgan fingerprint density at radius 1 is 1.37 bits per heavy atom. The Bertz CT molecular complexity index is 486. The van der Waals surface area contributed by atoms with Gasteiger partial charge in [0.2, 0.25) is 0 Å². The van der Waals surface area contributed by atoms with Gasteiger partial charge in [-0.25, -0.2) is 4.79 Å². The van der Waals surface area contributed by atoms with E-state index in [4.69, 9.17) is 4.74 Å². The van der Waals surface area contributed by atoms with E-state index in [1.807, 2.05) is 23.9 Å². The van der Waals surface area contributed by atoms with Gasteiger partial charge in [0.05, 0.1) is 12.2 Å². The monoisotopic (exact) mass is 279 g/mol. The summed E-state index contributed by atoms with van der Waals surface area (Å²) in [4.78, 5) is 13.6. The maximum absolute atomic E-state index is 11.3. The molecule has 19 heavy (non-hydrogen) atoms. The number of anilines is 1. The van der Waals surface area contributed by atoms with Gasteiger partial charge in [-0.05, 0) is 36.5 Å². The molecule has 4 nitrogen and oxygen atoms in total. The van der Waals surface area contributed by atoms with E-state index in [0.717, 1.165) is 12.2 Å². The lowest BCUT2D eigenvalue weighted by Crippen LogP contribution is -2.43. The van der Waals surface area contributed by atoms with Crippen molar-refractivity contribution in [2.24, 2.45) is 0 Å². The number of aromatic carboxylic acids is 1. The van der Waals surface area contributed by atoms with Gasteiger partial charge in [-0.3, -0.25) is 0 Å². The van der Waals surface area contributed by atoms with Crippen molar-refractivity contribution in [3.8, 4) is 5.75 Å². The minimum atomic E-state index is -0.919. The van der Waals surface area contributed by atoms with Crippen molar-refractivity contribution in [1.29, 1.82) is 0 Å². The van der Waals surface area contributed by atoms with Crippen LogP contribution in [0.3, 0.4) is 0 Å². The first-order chi connectivity index (χ1) is 9.27. The fourth-order valence-electron chi connectivity index (χ4n) is 2.81. The molecule has 0 aliphatic carbocycles. The third-order valence-corrected chi connectivity index (χ3v) is 4.79. The summed E-state index contributed by atoms with van der Waals surface area (Å²) in [5.74, 6) is 2.00. The molecule has 0 bridgehead atoms. The quantitative estimate of drug-likeness (QED) is 0.901. The van der Waals surface area contributed by atoms with Crippen molar-refractivity contribution in [2.45, 2.75) is 18.9 Å². The van der Waals surface area contributed by atoms with E-state index in [9.17, 15) is 9.90 Å². The van der Waals surface area contributed by atoms with E-state index in [1.54, 1.807) is 6.07 Å². The predicted molar refractivity (Wildman–Crippen MR) is 76.6 cm³/mol. The summed E-state index contributed by atoms with van der Waals surface area (Å²) >= 11 is 2.00. The van der Waals surface area contributed by atoms with Crippen LogP contribution in [0.4, 0.5) is 5.69 Å². The number of carboxylic acids is 1. The highest BCUT2D eigenvalue weighted by molar-refractivity contribution is 7.99. The second-order valence-corrected chi connectivity index (χ2v) is 6.07. The smallest absolute Gasteiger partial charge is 0.339 e. The molecule has 0 spiro atoms. The molecule has 1 aromatic rings. The normalized spacial score (nSPS) is 19.7. The number of thioether (sulfide) groups is 1. The van der Waals surface area contributed by atoms with Crippen LogP contribution in [0.1, 0.15) is 23.2 Å². The van der Waals surface area contributed by atoms with Crippen LogP contribution in [-0.4, -0.2) is 41.8 Å². The lowest BCUT2D eigenvalue weighted by atomic mass is 10.1. The van der Waals surface area contributed by atoms with E-state index in [1.165, 1.54) is 24.3 Å². The molecule has 5 heteroatoms. The van der Waals surface area contributed by atoms with Crippen LogP contribution in [0, 0.1) is 0 Å². The van der Waals surface area contributed by atoms with Gasteiger partial charge in [-0.2, -0.15) is 11.8 Å². The lowest BCUT2D eigenvalue weighted by Gasteiger charge is -2.39. The molecular weight excluding hydrogens is 262 g/mol. The molecule has 1 fully saturated rings. The molecule has 3 rings (SSSR count). The van der Waals surface area contributed by atoms with Gasteiger partial charge in [0.15, 0.2) is 5.75 Å². The predicted octanol–water partition coefficient (Wildman–Crippen LogP) is 2.48. The van der Waals surface area contributed by atoms with E-state index >= 15 is 0 Å². The Kier molecular flexibility index (Phi) is 3.55. The molecule has 2 heterocycles. The second kappa shape index (κ2) is 5.33. The number of hydrogen-bond donors (Lipinski definition) is 1. The van der Waals surface area contributed by atoms with Crippen LogP contribution in [0.25, 0.3) is 0 Å². The topological polar surface area (TPSA) is 49.8 Å². The minimum absolute atomic E-state index is 0.271. The Balaban J connectivity index is 1.95. The number of para-hydroxylation sites is 1. The Labute approximate surface area is 116 Å². The van der Waals surface area contributed by atoms with Crippen molar-refractivity contribution in [3.63, 3.8) is 0 Å². The molecule has 102 valence electrons. The standard InChI is InChI=1S/C14H17NO3S/c16-14(17)11-2-1-3-12-13(11)18-7-6-15(12)10-4-8-19-9-5-10/h1-3,10H,4-9H2,(H,16,17). The first-order valence-corrected chi connectivity index (χ1v) is 7.76. The summed E-state index contributed by atoms with van der Waals surface area (Å²) in [7, 11) is 0. The number of fused-ring (bicyclic) bond motifs is 1. The molecule has 1 saturated heterocycles. The van der Waals surface area contributed by atoms with Crippen molar-refractivity contribution >= 4 is 23.4 Å². The Hall–Kier alpha value is -1.36. The fourth-order valence-corrected chi connectivity index (χ4v) is 3.90. The van der Waals surface area contributed by atoms with E-state index < -0.39 is 5.97 Å². The van der Waals surface area contributed by atoms with Crippen LogP contribution in [-0.2, 0) is 0 Å². The van der Waals surface area contributed by atoms with E-state index in [2.05, 4.69) is 4.90 Å². The van der Waals surface area contributed by atoms with Crippen LogP contribution >= 0.6 is 11.8 Å². The molecule has 1 aromatic carbocycles. The number of nitrogens with zero attached hydrogens (tertiary/aromatic N) is 1. The molecule has 1 N–H and O–H groups in total. The van der Waals surface area contributed by atoms with Gasteiger partial charge in [0, 0.05) is 6.04 Å². The van der Waals surface area contributed by atoms with E-state index in [-0.39, 0.29) is 5.56 Å².